The smallest absolute Gasteiger partial charge is 0.242 e. The topological polar surface area (TPSA) is 49.4 Å². The lowest BCUT2D eigenvalue weighted by atomic mass is 9.95. The van der Waals surface area contributed by atoms with Gasteiger partial charge in [0.2, 0.25) is 11.8 Å². The van der Waals surface area contributed by atoms with E-state index < -0.39 is 6.04 Å². The highest BCUT2D eigenvalue weighted by atomic mass is 16.2. The van der Waals surface area contributed by atoms with E-state index in [-0.39, 0.29) is 17.9 Å². The molecule has 2 amide bonds. The van der Waals surface area contributed by atoms with Gasteiger partial charge in [-0.25, -0.2) is 0 Å². The van der Waals surface area contributed by atoms with Crippen molar-refractivity contribution in [3.63, 3.8) is 0 Å². The molecule has 1 aromatic carbocycles. The summed E-state index contributed by atoms with van der Waals surface area (Å²) in [6.07, 6.45) is 7.83. The molecule has 1 aromatic rings. The Bertz CT molecular complexity index is 538. The van der Waals surface area contributed by atoms with Crippen LogP contribution in [0.15, 0.2) is 30.3 Å². The molecule has 0 aromatic heterocycles. The highest BCUT2D eigenvalue weighted by Gasteiger charge is 2.27. The molecule has 0 bridgehead atoms. The van der Waals surface area contributed by atoms with Crippen LogP contribution in [0.1, 0.15) is 64.4 Å². The molecular formula is C21H32N2O2. The average Bonchev–Trinajstić information content (AvgIpc) is 2.63. The number of nitrogens with zero attached hydrogens (tertiary/aromatic N) is 1. The van der Waals surface area contributed by atoms with E-state index in [2.05, 4.69) is 17.4 Å². The van der Waals surface area contributed by atoms with Gasteiger partial charge in [0, 0.05) is 19.0 Å². The quantitative estimate of drug-likeness (QED) is 0.782. The molecule has 4 nitrogen and oxygen atoms in total. The van der Waals surface area contributed by atoms with Crippen molar-refractivity contribution in [3.05, 3.63) is 35.9 Å². The third kappa shape index (κ3) is 6.18. The van der Waals surface area contributed by atoms with Gasteiger partial charge in [0.25, 0.3) is 0 Å². The first-order valence-electron chi connectivity index (χ1n) is 9.75. The number of rotatable bonds is 8. The molecule has 1 aliphatic carbocycles. The molecule has 0 aliphatic heterocycles. The third-order valence-corrected chi connectivity index (χ3v) is 5.07. The van der Waals surface area contributed by atoms with Gasteiger partial charge in [-0.05, 0) is 38.2 Å². The van der Waals surface area contributed by atoms with E-state index in [4.69, 9.17) is 0 Å². The maximum absolute atomic E-state index is 12.7. The zero-order valence-corrected chi connectivity index (χ0v) is 15.7. The van der Waals surface area contributed by atoms with E-state index in [1.54, 1.807) is 4.90 Å². The van der Waals surface area contributed by atoms with Gasteiger partial charge in [0.1, 0.15) is 6.04 Å². The van der Waals surface area contributed by atoms with Crippen LogP contribution in [0, 0.1) is 0 Å². The van der Waals surface area contributed by atoms with E-state index in [9.17, 15) is 9.59 Å². The fourth-order valence-corrected chi connectivity index (χ4v) is 3.50. The van der Waals surface area contributed by atoms with E-state index in [1.165, 1.54) is 24.8 Å². The number of hydrogen-bond acceptors (Lipinski definition) is 2. The Hall–Kier alpha value is -1.84. The SMILES string of the molecule is CCCC(=O)N(CCc1ccccc1)[C@H](C)C(=O)NC1CCCCC1. The highest BCUT2D eigenvalue weighted by molar-refractivity contribution is 5.87. The molecule has 2 rings (SSSR count). The molecule has 4 heteroatoms. The van der Waals surface area contributed by atoms with Crippen LogP contribution in [-0.2, 0) is 16.0 Å². The Kier molecular flexibility index (Phi) is 7.96. The monoisotopic (exact) mass is 344 g/mol. The van der Waals surface area contributed by atoms with Crippen molar-refractivity contribution in [2.24, 2.45) is 0 Å². The molecule has 0 heterocycles. The van der Waals surface area contributed by atoms with Gasteiger partial charge in [0.15, 0.2) is 0 Å². The highest BCUT2D eigenvalue weighted by Crippen LogP contribution is 2.18. The summed E-state index contributed by atoms with van der Waals surface area (Å²) in [4.78, 5) is 27.0. The Balaban J connectivity index is 1.97. The number of benzene rings is 1. The summed E-state index contributed by atoms with van der Waals surface area (Å²) in [6, 6.07) is 10.00. The first-order chi connectivity index (χ1) is 12.1. The van der Waals surface area contributed by atoms with Gasteiger partial charge in [-0.1, -0.05) is 56.5 Å². The van der Waals surface area contributed by atoms with Crippen LogP contribution in [0.2, 0.25) is 0 Å². The van der Waals surface area contributed by atoms with Crippen molar-refractivity contribution in [3.8, 4) is 0 Å². The predicted molar refractivity (Wildman–Crippen MR) is 101 cm³/mol. The van der Waals surface area contributed by atoms with E-state index >= 15 is 0 Å². The van der Waals surface area contributed by atoms with Crippen LogP contribution in [-0.4, -0.2) is 35.3 Å². The van der Waals surface area contributed by atoms with Gasteiger partial charge in [-0.15, -0.1) is 0 Å². The first kappa shape index (κ1) is 19.5. The number of amides is 2. The lowest BCUT2D eigenvalue weighted by molar-refractivity contribution is -0.140. The Labute approximate surface area is 152 Å². The second-order valence-corrected chi connectivity index (χ2v) is 7.09. The maximum atomic E-state index is 12.7. The van der Waals surface area contributed by atoms with Crippen molar-refractivity contribution in [1.82, 2.24) is 10.2 Å². The van der Waals surface area contributed by atoms with Crippen LogP contribution in [0.25, 0.3) is 0 Å². The van der Waals surface area contributed by atoms with Crippen LogP contribution in [0.3, 0.4) is 0 Å². The molecule has 138 valence electrons. The summed E-state index contributed by atoms with van der Waals surface area (Å²) in [5.74, 6) is 0.0640. The van der Waals surface area contributed by atoms with E-state index in [0.29, 0.717) is 13.0 Å². The molecule has 1 saturated carbocycles. The number of carbonyl (C=O) groups is 2. The number of hydrogen-bond donors (Lipinski definition) is 1. The summed E-state index contributed by atoms with van der Waals surface area (Å²) in [6.45, 7) is 4.44. The minimum atomic E-state index is -0.412. The largest absolute Gasteiger partial charge is 0.352 e. The third-order valence-electron chi connectivity index (χ3n) is 5.07. The van der Waals surface area contributed by atoms with E-state index in [0.717, 1.165) is 25.7 Å². The minimum Gasteiger partial charge on any atom is -0.352 e. The molecule has 1 aliphatic rings. The minimum absolute atomic E-state index is 0.00980. The molecule has 0 saturated heterocycles. The summed E-state index contributed by atoms with van der Waals surface area (Å²) in [5, 5.41) is 3.16. The molecule has 1 N–H and O–H groups in total. The number of nitrogens with one attached hydrogen (secondary N) is 1. The molecule has 0 unspecified atom stereocenters. The molecule has 0 spiro atoms. The van der Waals surface area contributed by atoms with Gasteiger partial charge in [-0.3, -0.25) is 9.59 Å². The van der Waals surface area contributed by atoms with Crippen molar-refractivity contribution < 1.29 is 9.59 Å². The fourth-order valence-electron chi connectivity index (χ4n) is 3.50. The molecular weight excluding hydrogens is 312 g/mol. The summed E-state index contributed by atoms with van der Waals surface area (Å²) >= 11 is 0. The Morgan fingerprint density at radius 2 is 1.84 bits per heavy atom. The standard InChI is InChI=1S/C21H32N2O2/c1-3-10-20(24)23(16-15-18-11-6-4-7-12-18)17(2)21(25)22-19-13-8-5-9-14-19/h4,6-7,11-12,17,19H,3,5,8-10,13-16H2,1-2H3,(H,22,25)/t17-/m1/s1. The molecule has 1 atom stereocenters. The predicted octanol–water partition coefficient (Wildman–Crippen LogP) is 3.70. The zero-order valence-electron chi connectivity index (χ0n) is 15.7. The maximum Gasteiger partial charge on any atom is 0.242 e. The van der Waals surface area contributed by atoms with Crippen molar-refractivity contribution in [2.45, 2.75) is 77.3 Å². The lowest BCUT2D eigenvalue weighted by Crippen LogP contribution is -2.51. The summed E-state index contributed by atoms with van der Waals surface area (Å²) in [7, 11) is 0. The Morgan fingerprint density at radius 3 is 2.48 bits per heavy atom. The second kappa shape index (κ2) is 10.2. The van der Waals surface area contributed by atoms with Crippen molar-refractivity contribution >= 4 is 11.8 Å². The van der Waals surface area contributed by atoms with Gasteiger partial charge >= 0.3 is 0 Å². The lowest BCUT2D eigenvalue weighted by Gasteiger charge is -2.31. The molecule has 0 radical (unpaired) electrons. The van der Waals surface area contributed by atoms with Crippen LogP contribution in [0.4, 0.5) is 0 Å². The summed E-state index contributed by atoms with van der Waals surface area (Å²) in [5.41, 5.74) is 1.19. The number of carbonyl (C=O) groups excluding carboxylic acids is 2. The molecule has 25 heavy (non-hydrogen) atoms. The van der Waals surface area contributed by atoms with Gasteiger partial charge in [0.05, 0.1) is 0 Å². The second-order valence-electron chi connectivity index (χ2n) is 7.09. The zero-order chi connectivity index (χ0) is 18.1. The fraction of sp³-hybridized carbons (Fsp3) is 0.619. The normalized spacial score (nSPS) is 16.2. The van der Waals surface area contributed by atoms with Crippen molar-refractivity contribution in [2.75, 3.05) is 6.54 Å². The van der Waals surface area contributed by atoms with Gasteiger partial charge < -0.3 is 10.2 Å². The van der Waals surface area contributed by atoms with Crippen LogP contribution in [0.5, 0.6) is 0 Å². The van der Waals surface area contributed by atoms with Crippen molar-refractivity contribution in [1.29, 1.82) is 0 Å². The van der Waals surface area contributed by atoms with Crippen LogP contribution >= 0.6 is 0 Å². The summed E-state index contributed by atoms with van der Waals surface area (Å²) < 4.78 is 0. The average molecular weight is 344 g/mol. The first-order valence-corrected chi connectivity index (χ1v) is 9.75. The Morgan fingerprint density at radius 1 is 1.16 bits per heavy atom. The van der Waals surface area contributed by atoms with Crippen LogP contribution < -0.4 is 5.32 Å². The molecule has 1 fully saturated rings. The van der Waals surface area contributed by atoms with E-state index in [1.807, 2.05) is 32.0 Å². The van der Waals surface area contributed by atoms with Gasteiger partial charge in [-0.2, -0.15) is 0 Å².